The van der Waals surface area contributed by atoms with E-state index >= 15 is 0 Å². The molecule has 0 aliphatic carbocycles. The zero-order chi connectivity index (χ0) is 15.6. The molecule has 2 atom stereocenters. The molecule has 5 nitrogen and oxygen atoms in total. The van der Waals surface area contributed by atoms with E-state index in [0.29, 0.717) is 6.54 Å². The summed E-state index contributed by atoms with van der Waals surface area (Å²) in [7, 11) is 0. The lowest BCUT2D eigenvalue weighted by Crippen LogP contribution is -2.41. The first-order valence-corrected chi connectivity index (χ1v) is 7.10. The van der Waals surface area contributed by atoms with E-state index < -0.39 is 23.8 Å². The van der Waals surface area contributed by atoms with Crippen LogP contribution < -0.4 is 5.32 Å². The van der Waals surface area contributed by atoms with E-state index in [1.165, 1.54) is 4.90 Å². The molecule has 1 saturated heterocycles. The van der Waals surface area contributed by atoms with Crippen molar-refractivity contribution in [1.29, 1.82) is 0 Å². The van der Waals surface area contributed by atoms with Gasteiger partial charge in [0.1, 0.15) is 0 Å². The van der Waals surface area contributed by atoms with Gasteiger partial charge in [-0.2, -0.15) is 0 Å². The van der Waals surface area contributed by atoms with Crippen LogP contribution in [0.4, 0.5) is 0 Å². The first-order valence-electron chi connectivity index (χ1n) is 7.10. The normalized spacial score (nSPS) is 22.0. The molecule has 2 amide bonds. The average molecular weight is 288 g/mol. The van der Waals surface area contributed by atoms with Gasteiger partial charge in [0, 0.05) is 12.6 Å². The van der Waals surface area contributed by atoms with Gasteiger partial charge < -0.3 is 10.2 Å². The van der Waals surface area contributed by atoms with Crippen molar-refractivity contribution < 1.29 is 14.4 Å². The van der Waals surface area contributed by atoms with Crippen molar-refractivity contribution in [3.8, 4) is 0 Å². The molecule has 1 N–H and O–H groups in total. The van der Waals surface area contributed by atoms with Gasteiger partial charge >= 0.3 is 0 Å². The minimum absolute atomic E-state index is 0.100. The summed E-state index contributed by atoms with van der Waals surface area (Å²) in [5, 5.41) is 2.64. The number of carbonyl (C=O) groups is 3. The van der Waals surface area contributed by atoms with Gasteiger partial charge in [0.15, 0.2) is 11.7 Å². The third-order valence-electron chi connectivity index (χ3n) is 3.58. The predicted octanol–water partition coefficient (Wildman–Crippen LogP) is 1.13. The van der Waals surface area contributed by atoms with Gasteiger partial charge in [0.25, 0.3) is 0 Å². The lowest BCUT2D eigenvalue weighted by atomic mass is 10.0. The number of nitrogens with one attached hydrogen (secondary N) is 1. The molecule has 1 aromatic rings. The largest absolute Gasteiger partial charge is 0.353 e. The number of Topliss-reactive ketones (excluding diaryl/α,β-unsaturated/α-hetero) is 1. The molecule has 0 saturated carbocycles. The van der Waals surface area contributed by atoms with Crippen molar-refractivity contribution in [3.63, 3.8) is 0 Å². The van der Waals surface area contributed by atoms with E-state index in [2.05, 4.69) is 5.32 Å². The third-order valence-corrected chi connectivity index (χ3v) is 3.58. The van der Waals surface area contributed by atoms with Crippen LogP contribution in [0.25, 0.3) is 0 Å². The highest BCUT2D eigenvalue weighted by Crippen LogP contribution is 2.23. The van der Waals surface area contributed by atoms with Gasteiger partial charge in [-0.3, -0.25) is 14.4 Å². The minimum Gasteiger partial charge on any atom is -0.353 e. The molecule has 1 aliphatic heterocycles. The standard InChI is InChI=1S/C16H20N2O3/c1-10(2)17-15(20)13-14(19)11(3)18(16(13)21)9-12-7-5-4-6-8-12/h4-8,10-11,13H,9H2,1-3H3,(H,17,20). The molecule has 2 rings (SSSR count). The molecular weight excluding hydrogens is 268 g/mol. The van der Waals surface area contributed by atoms with Crippen LogP contribution in [-0.4, -0.2) is 34.6 Å². The first-order chi connectivity index (χ1) is 9.91. The van der Waals surface area contributed by atoms with Crippen molar-refractivity contribution in [2.75, 3.05) is 0 Å². The summed E-state index contributed by atoms with van der Waals surface area (Å²) in [4.78, 5) is 38.1. The van der Waals surface area contributed by atoms with E-state index in [4.69, 9.17) is 0 Å². The van der Waals surface area contributed by atoms with Crippen LogP contribution in [0.2, 0.25) is 0 Å². The van der Waals surface area contributed by atoms with Crippen molar-refractivity contribution in [2.45, 2.75) is 39.4 Å². The molecule has 0 aromatic heterocycles. The first kappa shape index (κ1) is 15.2. The van der Waals surface area contributed by atoms with Crippen molar-refractivity contribution >= 4 is 17.6 Å². The fourth-order valence-electron chi connectivity index (χ4n) is 2.48. The van der Waals surface area contributed by atoms with Gasteiger partial charge in [0.2, 0.25) is 11.8 Å². The molecule has 0 bridgehead atoms. The van der Waals surface area contributed by atoms with E-state index in [1.54, 1.807) is 20.8 Å². The van der Waals surface area contributed by atoms with E-state index in [0.717, 1.165) is 5.56 Å². The Hall–Kier alpha value is -2.17. The number of benzene rings is 1. The summed E-state index contributed by atoms with van der Waals surface area (Å²) in [5.41, 5.74) is 0.940. The lowest BCUT2D eigenvalue weighted by molar-refractivity contribution is -0.140. The van der Waals surface area contributed by atoms with Crippen LogP contribution in [-0.2, 0) is 20.9 Å². The maximum Gasteiger partial charge on any atom is 0.243 e. The molecule has 0 spiro atoms. The number of likely N-dealkylation sites (tertiary alicyclic amines) is 1. The van der Waals surface area contributed by atoms with Gasteiger partial charge in [-0.15, -0.1) is 0 Å². The van der Waals surface area contributed by atoms with Crippen molar-refractivity contribution in [3.05, 3.63) is 35.9 Å². The van der Waals surface area contributed by atoms with Gasteiger partial charge in [-0.25, -0.2) is 0 Å². The second-order valence-corrected chi connectivity index (χ2v) is 5.63. The van der Waals surface area contributed by atoms with Gasteiger partial charge in [-0.05, 0) is 26.3 Å². The predicted molar refractivity (Wildman–Crippen MR) is 78.2 cm³/mol. The van der Waals surface area contributed by atoms with Gasteiger partial charge in [-0.1, -0.05) is 30.3 Å². The fourth-order valence-corrected chi connectivity index (χ4v) is 2.48. The monoisotopic (exact) mass is 288 g/mol. The zero-order valence-electron chi connectivity index (χ0n) is 12.5. The van der Waals surface area contributed by atoms with Crippen LogP contribution in [0.5, 0.6) is 0 Å². The van der Waals surface area contributed by atoms with Crippen LogP contribution in [0.1, 0.15) is 26.3 Å². The number of carbonyl (C=O) groups excluding carboxylic acids is 3. The fraction of sp³-hybridized carbons (Fsp3) is 0.438. The Kier molecular flexibility index (Phi) is 4.40. The Morgan fingerprint density at radius 1 is 1.24 bits per heavy atom. The summed E-state index contributed by atoms with van der Waals surface area (Å²) < 4.78 is 0. The number of ketones is 1. The van der Waals surface area contributed by atoms with Gasteiger partial charge in [0.05, 0.1) is 6.04 Å². The van der Waals surface area contributed by atoms with Crippen LogP contribution in [0.15, 0.2) is 30.3 Å². The third kappa shape index (κ3) is 3.12. The number of rotatable bonds is 4. The number of nitrogens with zero attached hydrogens (tertiary/aromatic N) is 1. The van der Waals surface area contributed by atoms with Crippen molar-refractivity contribution in [1.82, 2.24) is 10.2 Å². The maximum absolute atomic E-state index is 12.4. The maximum atomic E-state index is 12.4. The minimum atomic E-state index is -1.20. The molecule has 1 aromatic carbocycles. The Bertz CT molecular complexity index is 554. The Morgan fingerprint density at radius 3 is 2.43 bits per heavy atom. The smallest absolute Gasteiger partial charge is 0.243 e. The summed E-state index contributed by atoms with van der Waals surface area (Å²) in [6, 6.07) is 8.77. The molecule has 1 heterocycles. The number of hydrogen-bond acceptors (Lipinski definition) is 3. The summed E-state index contributed by atoms with van der Waals surface area (Å²) >= 11 is 0. The van der Waals surface area contributed by atoms with Crippen LogP contribution in [0, 0.1) is 5.92 Å². The quantitative estimate of drug-likeness (QED) is 0.845. The zero-order valence-corrected chi connectivity index (χ0v) is 12.5. The summed E-state index contributed by atoms with van der Waals surface area (Å²) in [5.74, 6) is -2.43. The SMILES string of the molecule is CC(C)NC(=O)C1C(=O)C(C)N(Cc2ccccc2)C1=O. The Balaban J connectivity index is 2.16. The van der Waals surface area contributed by atoms with Crippen LogP contribution in [0.3, 0.4) is 0 Å². The average Bonchev–Trinajstić information content (AvgIpc) is 2.63. The highest BCUT2D eigenvalue weighted by molar-refractivity contribution is 6.23. The number of amides is 2. The molecule has 21 heavy (non-hydrogen) atoms. The molecule has 2 unspecified atom stereocenters. The topological polar surface area (TPSA) is 66.5 Å². The van der Waals surface area contributed by atoms with E-state index in [-0.39, 0.29) is 11.8 Å². The molecule has 0 radical (unpaired) electrons. The Labute approximate surface area is 124 Å². The number of hydrogen-bond donors (Lipinski definition) is 1. The second kappa shape index (κ2) is 6.08. The molecular formula is C16H20N2O3. The lowest BCUT2D eigenvalue weighted by Gasteiger charge is -2.20. The molecule has 5 heteroatoms. The highest BCUT2D eigenvalue weighted by atomic mass is 16.2. The molecule has 1 fully saturated rings. The summed E-state index contributed by atoms with van der Waals surface area (Å²) in [6.45, 7) is 5.61. The second-order valence-electron chi connectivity index (χ2n) is 5.63. The molecule has 112 valence electrons. The highest BCUT2D eigenvalue weighted by Gasteiger charge is 2.48. The molecule has 1 aliphatic rings. The van der Waals surface area contributed by atoms with Crippen LogP contribution >= 0.6 is 0 Å². The summed E-state index contributed by atoms with van der Waals surface area (Å²) in [6.07, 6.45) is 0. The van der Waals surface area contributed by atoms with E-state index in [1.807, 2.05) is 30.3 Å². The van der Waals surface area contributed by atoms with E-state index in [9.17, 15) is 14.4 Å². The van der Waals surface area contributed by atoms with Crippen molar-refractivity contribution in [2.24, 2.45) is 5.92 Å². The Morgan fingerprint density at radius 2 is 1.86 bits per heavy atom.